The third-order valence-corrected chi connectivity index (χ3v) is 7.25. The number of carboxylic acid groups (broad SMARTS) is 1. The number of nitrogens with zero attached hydrogens (tertiary/aromatic N) is 1. The highest BCUT2D eigenvalue weighted by Gasteiger charge is 2.25. The van der Waals surface area contributed by atoms with Crippen LogP contribution in [0.3, 0.4) is 0 Å². The first-order chi connectivity index (χ1) is 17.9. The summed E-state index contributed by atoms with van der Waals surface area (Å²) >= 11 is 0. The maximum Gasteiger partial charge on any atom is 0.358 e. The maximum atomic E-state index is 13.9. The molecule has 4 aromatic rings. The lowest BCUT2D eigenvalue weighted by Gasteiger charge is -2.22. The van der Waals surface area contributed by atoms with Crippen molar-refractivity contribution in [1.82, 2.24) is 0 Å². The molecule has 0 spiro atoms. The van der Waals surface area contributed by atoms with Crippen molar-refractivity contribution in [3.05, 3.63) is 113 Å². The second-order valence-electron chi connectivity index (χ2n) is 9.95. The summed E-state index contributed by atoms with van der Waals surface area (Å²) in [7, 11) is -4.32. The maximum absolute atomic E-state index is 13.9. The Morgan fingerprint density at radius 1 is 0.789 bits per heavy atom. The molecule has 0 saturated carbocycles. The number of hydrogen-bond acceptors (Lipinski definition) is 6. The van der Waals surface area contributed by atoms with Crippen molar-refractivity contribution in [2.24, 2.45) is 5.16 Å². The van der Waals surface area contributed by atoms with Gasteiger partial charge in [-0.2, -0.15) is 8.42 Å². The van der Waals surface area contributed by atoms with Crippen LogP contribution >= 0.6 is 0 Å². The summed E-state index contributed by atoms with van der Waals surface area (Å²) in [6.45, 7) is 8.06. The molecule has 0 aliphatic carbocycles. The average molecular weight is 530 g/mol. The summed E-state index contributed by atoms with van der Waals surface area (Å²) in [6.07, 6.45) is 0. The Morgan fingerprint density at radius 3 is 1.95 bits per heavy atom. The van der Waals surface area contributed by atoms with Gasteiger partial charge in [-0.05, 0) is 52.9 Å². The highest BCUT2D eigenvalue weighted by Crippen LogP contribution is 2.32. The van der Waals surface area contributed by atoms with E-state index in [1.165, 1.54) is 36.4 Å². The fraction of sp³-hybridized carbons (Fsp3) is 0.167. The van der Waals surface area contributed by atoms with Gasteiger partial charge in [-0.1, -0.05) is 92.2 Å². The molecule has 8 heteroatoms. The normalized spacial score (nSPS) is 12.4. The van der Waals surface area contributed by atoms with E-state index in [0.717, 1.165) is 16.5 Å². The Bertz CT molecular complexity index is 1660. The van der Waals surface area contributed by atoms with Crippen LogP contribution in [0.15, 0.2) is 95.0 Å². The molecule has 0 aromatic heterocycles. The summed E-state index contributed by atoms with van der Waals surface area (Å²) < 4.78 is 30.7. The molecule has 0 aliphatic rings. The van der Waals surface area contributed by atoms with Crippen molar-refractivity contribution in [3.8, 4) is 0 Å². The van der Waals surface area contributed by atoms with Gasteiger partial charge in [0.15, 0.2) is 5.71 Å². The van der Waals surface area contributed by atoms with Gasteiger partial charge in [-0.15, -0.1) is 0 Å². The minimum Gasteiger partial charge on any atom is -0.478 e. The van der Waals surface area contributed by atoms with Crippen molar-refractivity contribution in [2.75, 3.05) is 0 Å². The molecule has 0 unspecified atom stereocenters. The topological polar surface area (TPSA) is 110 Å². The highest BCUT2D eigenvalue weighted by atomic mass is 32.2. The number of carbonyl (C=O) groups is 2. The van der Waals surface area contributed by atoms with Crippen LogP contribution in [0.25, 0.3) is 10.8 Å². The summed E-state index contributed by atoms with van der Waals surface area (Å²) in [6, 6.07) is 22.5. The number of aryl methyl sites for hydroxylation is 1. The van der Waals surface area contributed by atoms with Gasteiger partial charge < -0.3 is 5.11 Å². The Kier molecular flexibility index (Phi) is 7.20. The number of carboxylic acids is 1. The molecule has 4 rings (SSSR count). The standard InChI is InChI=1S/C30H27NO6S/c1-19-9-15-22(16-10-19)38(35,36)37-31-27(20-11-13-21(14-12-20)29(33)34)28(32)25-17-18-26(30(2,3)4)24-8-6-5-7-23(24)25/h5-18H,1-4H3,(H,33,34)/b31-27+. The van der Waals surface area contributed by atoms with Gasteiger partial charge in [0.25, 0.3) is 0 Å². The zero-order valence-electron chi connectivity index (χ0n) is 21.4. The average Bonchev–Trinajstić information content (AvgIpc) is 2.88. The minimum atomic E-state index is -4.32. The van der Waals surface area contributed by atoms with Crippen LogP contribution in [-0.2, 0) is 19.8 Å². The highest BCUT2D eigenvalue weighted by molar-refractivity contribution is 7.86. The number of oxime groups is 1. The number of benzene rings is 4. The fourth-order valence-corrected chi connectivity index (χ4v) is 4.84. The summed E-state index contributed by atoms with van der Waals surface area (Å²) in [4.78, 5) is 25.1. The quantitative estimate of drug-likeness (QED) is 0.175. The molecule has 0 fully saturated rings. The molecular weight excluding hydrogens is 502 g/mol. The summed E-state index contributed by atoms with van der Waals surface area (Å²) in [5.74, 6) is -1.70. The first-order valence-electron chi connectivity index (χ1n) is 11.9. The first-order valence-corrected chi connectivity index (χ1v) is 13.3. The third kappa shape index (κ3) is 5.50. The van der Waals surface area contributed by atoms with E-state index in [2.05, 4.69) is 25.9 Å². The van der Waals surface area contributed by atoms with Gasteiger partial charge >= 0.3 is 16.1 Å². The lowest BCUT2D eigenvalue weighted by Crippen LogP contribution is -2.19. The van der Waals surface area contributed by atoms with Gasteiger partial charge in [0.2, 0.25) is 5.78 Å². The number of aromatic carboxylic acids is 1. The summed E-state index contributed by atoms with van der Waals surface area (Å²) in [5.41, 5.74) is 1.99. The van der Waals surface area contributed by atoms with Crippen molar-refractivity contribution >= 4 is 38.4 Å². The molecule has 1 N–H and O–H groups in total. The molecule has 38 heavy (non-hydrogen) atoms. The number of rotatable bonds is 7. The van der Waals surface area contributed by atoms with Crippen LogP contribution in [0, 0.1) is 6.92 Å². The number of Topliss-reactive ketones (excluding diaryl/α,β-unsaturated/α-hetero) is 1. The molecule has 0 atom stereocenters. The van der Waals surface area contributed by atoms with E-state index in [0.29, 0.717) is 10.9 Å². The van der Waals surface area contributed by atoms with E-state index >= 15 is 0 Å². The molecule has 0 bridgehead atoms. The van der Waals surface area contributed by atoms with Crippen LogP contribution in [0.1, 0.15) is 58.2 Å². The molecular formula is C30H27NO6S. The van der Waals surface area contributed by atoms with E-state index in [1.807, 2.05) is 37.3 Å². The van der Waals surface area contributed by atoms with Crippen LogP contribution in [0.4, 0.5) is 0 Å². The smallest absolute Gasteiger partial charge is 0.358 e. The molecule has 194 valence electrons. The van der Waals surface area contributed by atoms with Crippen LogP contribution in [0.2, 0.25) is 0 Å². The molecule has 4 aromatic carbocycles. The number of hydrogen-bond donors (Lipinski definition) is 1. The van der Waals surface area contributed by atoms with Gasteiger partial charge in [-0.25, -0.2) is 4.79 Å². The Balaban J connectivity index is 1.85. The zero-order valence-corrected chi connectivity index (χ0v) is 22.2. The first kappa shape index (κ1) is 26.8. The van der Waals surface area contributed by atoms with Gasteiger partial charge in [0.1, 0.15) is 4.90 Å². The predicted octanol–water partition coefficient (Wildman–Crippen LogP) is 6.14. The Morgan fingerprint density at radius 2 is 1.37 bits per heavy atom. The molecule has 7 nitrogen and oxygen atoms in total. The molecule has 0 radical (unpaired) electrons. The van der Waals surface area contributed by atoms with Crippen LogP contribution < -0.4 is 0 Å². The van der Waals surface area contributed by atoms with Gasteiger partial charge in [-0.3, -0.25) is 9.08 Å². The number of fused-ring (bicyclic) bond motifs is 1. The second kappa shape index (κ2) is 10.2. The molecule has 0 amide bonds. The van der Waals surface area contributed by atoms with Crippen molar-refractivity contribution < 1.29 is 27.4 Å². The minimum absolute atomic E-state index is 0.00808. The van der Waals surface area contributed by atoms with Crippen molar-refractivity contribution in [2.45, 2.75) is 38.0 Å². The van der Waals surface area contributed by atoms with Crippen LogP contribution in [-0.4, -0.2) is 31.0 Å². The monoisotopic (exact) mass is 529 g/mol. The van der Waals surface area contributed by atoms with E-state index < -0.39 is 21.9 Å². The van der Waals surface area contributed by atoms with Crippen molar-refractivity contribution in [1.29, 1.82) is 0 Å². The zero-order chi connectivity index (χ0) is 27.7. The number of carbonyl (C=O) groups excluding carboxylic acids is 1. The molecule has 0 saturated heterocycles. The van der Waals surface area contributed by atoms with Gasteiger partial charge in [0.05, 0.1) is 5.56 Å². The van der Waals surface area contributed by atoms with E-state index in [4.69, 9.17) is 4.28 Å². The van der Waals surface area contributed by atoms with E-state index in [1.54, 1.807) is 18.2 Å². The van der Waals surface area contributed by atoms with Crippen LogP contribution in [0.5, 0.6) is 0 Å². The van der Waals surface area contributed by atoms with Crippen molar-refractivity contribution in [3.63, 3.8) is 0 Å². The Labute approximate surface area is 221 Å². The Hall–Kier alpha value is -4.30. The second-order valence-corrected chi connectivity index (χ2v) is 11.5. The summed E-state index contributed by atoms with van der Waals surface area (Å²) in [5, 5.41) is 14.7. The van der Waals surface area contributed by atoms with Gasteiger partial charge in [0, 0.05) is 11.1 Å². The molecule has 0 aliphatic heterocycles. The molecule has 0 heterocycles. The predicted molar refractivity (Wildman–Crippen MR) is 146 cm³/mol. The fourth-order valence-electron chi connectivity index (χ4n) is 4.11. The SMILES string of the molecule is Cc1ccc(S(=O)(=O)O/N=C(/C(=O)c2ccc(C(C)(C)C)c3ccccc23)c2ccc(C(=O)O)cc2)cc1. The van der Waals surface area contributed by atoms with E-state index in [9.17, 15) is 23.1 Å². The lowest BCUT2D eigenvalue weighted by molar-refractivity contribution is 0.0696. The largest absolute Gasteiger partial charge is 0.478 e. The third-order valence-electron chi connectivity index (χ3n) is 6.13. The number of ketones is 1. The van der Waals surface area contributed by atoms with E-state index in [-0.39, 0.29) is 27.1 Å². The lowest BCUT2D eigenvalue weighted by atomic mass is 9.82.